The minimum Gasteiger partial charge on any atom is -0.396 e. The van der Waals surface area contributed by atoms with Crippen LogP contribution in [-0.4, -0.2) is 18.3 Å². The molecule has 0 bridgehead atoms. The molecule has 0 amide bonds. The number of rotatable bonds is 4. The van der Waals surface area contributed by atoms with E-state index in [2.05, 4.69) is 24.3 Å². The van der Waals surface area contributed by atoms with Gasteiger partial charge in [-0.1, -0.05) is 30.3 Å². The third-order valence-corrected chi connectivity index (χ3v) is 3.58. The summed E-state index contributed by atoms with van der Waals surface area (Å²) in [5.41, 5.74) is 7.11. The summed E-state index contributed by atoms with van der Waals surface area (Å²) in [6, 6.07) is 10.5. The van der Waals surface area contributed by atoms with Gasteiger partial charge in [-0.05, 0) is 30.7 Å². The highest BCUT2D eigenvalue weighted by atomic mass is 16.3. The van der Waals surface area contributed by atoms with Gasteiger partial charge >= 0.3 is 0 Å². The number of hydrogen-bond acceptors (Lipinski definition) is 2. The lowest BCUT2D eigenvalue weighted by Gasteiger charge is -2.46. The number of aliphatic hydroxyl groups excluding tert-OH is 1. The van der Waals surface area contributed by atoms with Crippen molar-refractivity contribution in [3.05, 3.63) is 35.9 Å². The van der Waals surface area contributed by atoms with E-state index in [0.717, 1.165) is 19.3 Å². The van der Waals surface area contributed by atoms with Crippen LogP contribution in [-0.2, 0) is 6.42 Å². The minimum atomic E-state index is 0.0411. The Morgan fingerprint density at radius 3 is 2.47 bits per heavy atom. The van der Waals surface area contributed by atoms with Crippen molar-refractivity contribution in [2.75, 3.05) is 13.2 Å². The van der Waals surface area contributed by atoms with Gasteiger partial charge in [0.05, 0.1) is 0 Å². The van der Waals surface area contributed by atoms with Crippen LogP contribution in [0.2, 0.25) is 0 Å². The first-order valence-corrected chi connectivity index (χ1v) is 5.63. The molecule has 2 nitrogen and oxygen atoms in total. The van der Waals surface area contributed by atoms with Crippen molar-refractivity contribution >= 4 is 0 Å². The van der Waals surface area contributed by atoms with E-state index >= 15 is 0 Å². The minimum absolute atomic E-state index is 0.0411. The Balaban J connectivity index is 1.86. The monoisotopic (exact) mass is 205 g/mol. The third kappa shape index (κ3) is 2.21. The van der Waals surface area contributed by atoms with Crippen molar-refractivity contribution in [1.29, 1.82) is 0 Å². The second-order valence-corrected chi connectivity index (χ2v) is 4.83. The summed E-state index contributed by atoms with van der Waals surface area (Å²) in [5, 5.41) is 9.24. The summed E-state index contributed by atoms with van der Waals surface area (Å²) in [5.74, 6) is 0.711. The molecule has 0 radical (unpaired) electrons. The van der Waals surface area contributed by atoms with Crippen molar-refractivity contribution in [3.8, 4) is 0 Å². The van der Waals surface area contributed by atoms with Crippen LogP contribution >= 0.6 is 0 Å². The van der Waals surface area contributed by atoms with Crippen molar-refractivity contribution in [2.24, 2.45) is 17.1 Å². The Morgan fingerprint density at radius 1 is 1.27 bits per heavy atom. The van der Waals surface area contributed by atoms with E-state index in [1.54, 1.807) is 0 Å². The molecule has 0 saturated heterocycles. The molecular weight excluding hydrogens is 186 g/mol. The van der Waals surface area contributed by atoms with Crippen molar-refractivity contribution in [3.63, 3.8) is 0 Å². The quantitative estimate of drug-likeness (QED) is 0.784. The van der Waals surface area contributed by atoms with Gasteiger partial charge in [0.25, 0.3) is 0 Å². The third-order valence-electron chi connectivity index (χ3n) is 3.58. The molecule has 0 spiro atoms. The van der Waals surface area contributed by atoms with Crippen molar-refractivity contribution in [1.82, 2.24) is 0 Å². The molecule has 82 valence electrons. The van der Waals surface area contributed by atoms with E-state index in [0.29, 0.717) is 12.5 Å². The first kappa shape index (κ1) is 10.7. The summed E-state index contributed by atoms with van der Waals surface area (Å²) in [4.78, 5) is 0. The zero-order valence-corrected chi connectivity index (χ0v) is 9.02. The van der Waals surface area contributed by atoms with E-state index in [1.807, 2.05) is 6.07 Å². The lowest BCUT2D eigenvalue weighted by molar-refractivity contribution is 0.00300. The van der Waals surface area contributed by atoms with Crippen LogP contribution in [0.1, 0.15) is 18.4 Å². The maximum absolute atomic E-state index is 9.24. The van der Waals surface area contributed by atoms with Crippen LogP contribution in [0.3, 0.4) is 0 Å². The Hall–Kier alpha value is -0.860. The highest BCUT2D eigenvalue weighted by Crippen LogP contribution is 2.45. The van der Waals surface area contributed by atoms with Gasteiger partial charge in [0.15, 0.2) is 0 Å². The second-order valence-electron chi connectivity index (χ2n) is 4.83. The largest absolute Gasteiger partial charge is 0.396 e. The van der Waals surface area contributed by atoms with Crippen LogP contribution in [0.4, 0.5) is 0 Å². The number of hydrogen-bond donors (Lipinski definition) is 2. The zero-order valence-electron chi connectivity index (χ0n) is 9.02. The van der Waals surface area contributed by atoms with Gasteiger partial charge in [-0.15, -0.1) is 0 Å². The highest BCUT2D eigenvalue weighted by Gasteiger charge is 2.42. The summed E-state index contributed by atoms with van der Waals surface area (Å²) in [6.07, 6.45) is 3.28. The van der Waals surface area contributed by atoms with Crippen LogP contribution in [0.5, 0.6) is 0 Å². The molecule has 0 unspecified atom stereocenters. The van der Waals surface area contributed by atoms with E-state index in [-0.39, 0.29) is 12.0 Å². The Kier molecular flexibility index (Phi) is 3.08. The number of aliphatic hydroxyl groups is 1. The number of nitrogens with two attached hydrogens (primary N) is 1. The van der Waals surface area contributed by atoms with Crippen LogP contribution in [0, 0.1) is 11.3 Å². The normalized spacial score (nSPS) is 29.9. The summed E-state index contributed by atoms with van der Waals surface area (Å²) < 4.78 is 0. The van der Waals surface area contributed by atoms with Gasteiger partial charge in [0.1, 0.15) is 0 Å². The van der Waals surface area contributed by atoms with E-state index < -0.39 is 0 Å². The second kappa shape index (κ2) is 4.33. The molecule has 0 aromatic heterocycles. The predicted molar refractivity (Wildman–Crippen MR) is 61.4 cm³/mol. The molecule has 1 aromatic carbocycles. The molecule has 1 aliphatic rings. The Labute approximate surface area is 91.1 Å². The molecule has 0 aliphatic heterocycles. The van der Waals surface area contributed by atoms with E-state index in [9.17, 15) is 5.11 Å². The predicted octanol–water partition coefficient (Wildman–Crippen LogP) is 1.58. The number of benzene rings is 1. The van der Waals surface area contributed by atoms with Gasteiger partial charge < -0.3 is 10.8 Å². The molecule has 1 fully saturated rings. The first-order valence-electron chi connectivity index (χ1n) is 5.63. The van der Waals surface area contributed by atoms with Crippen LogP contribution in [0.15, 0.2) is 30.3 Å². The van der Waals surface area contributed by atoms with Gasteiger partial charge in [-0.3, -0.25) is 0 Å². The zero-order chi connectivity index (χ0) is 10.7. The average molecular weight is 205 g/mol. The molecule has 1 aromatic rings. The first-order chi connectivity index (χ1) is 7.28. The summed E-state index contributed by atoms with van der Waals surface area (Å²) in [6.45, 7) is 0.865. The molecule has 1 saturated carbocycles. The van der Waals surface area contributed by atoms with Gasteiger partial charge in [-0.25, -0.2) is 0 Å². The van der Waals surface area contributed by atoms with Crippen molar-refractivity contribution < 1.29 is 5.11 Å². The molecule has 2 rings (SSSR count). The molecule has 0 atom stereocenters. The molecule has 3 N–H and O–H groups in total. The molecular formula is C13H19NO. The topological polar surface area (TPSA) is 46.2 Å². The smallest absolute Gasteiger partial charge is 0.0499 e. The fraction of sp³-hybridized carbons (Fsp3) is 0.538. The van der Waals surface area contributed by atoms with Gasteiger partial charge in [0, 0.05) is 18.6 Å². The van der Waals surface area contributed by atoms with Gasteiger partial charge in [0.2, 0.25) is 0 Å². The van der Waals surface area contributed by atoms with Gasteiger partial charge in [-0.2, -0.15) is 0 Å². The molecule has 2 heteroatoms. The lowest BCUT2D eigenvalue weighted by Crippen LogP contribution is -2.46. The van der Waals surface area contributed by atoms with Crippen molar-refractivity contribution in [2.45, 2.75) is 19.3 Å². The maximum Gasteiger partial charge on any atom is 0.0499 e. The van der Waals surface area contributed by atoms with Crippen LogP contribution in [0.25, 0.3) is 0 Å². The standard InChI is InChI=1S/C13H19NO/c14-9-13(10-15)7-12(8-13)6-11-4-2-1-3-5-11/h1-5,12,15H,6-10,14H2. The SMILES string of the molecule is NCC1(CO)CC(Cc2ccccc2)C1. The molecule has 1 aliphatic carbocycles. The Morgan fingerprint density at radius 2 is 1.93 bits per heavy atom. The van der Waals surface area contributed by atoms with E-state index in [1.165, 1.54) is 5.56 Å². The fourth-order valence-electron chi connectivity index (χ4n) is 2.62. The maximum atomic E-state index is 9.24. The van der Waals surface area contributed by atoms with E-state index in [4.69, 9.17) is 5.73 Å². The Bertz CT molecular complexity index is 298. The average Bonchev–Trinajstić information content (AvgIpc) is 2.24. The molecule has 15 heavy (non-hydrogen) atoms. The summed E-state index contributed by atoms with van der Waals surface area (Å²) >= 11 is 0. The van der Waals surface area contributed by atoms with Crippen LogP contribution < -0.4 is 5.73 Å². The summed E-state index contributed by atoms with van der Waals surface area (Å²) in [7, 11) is 0. The lowest BCUT2D eigenvalue weighted by atomic mass is 9.61. The molecule has 0 heterocycles. The fourth-order valence-corrected chi connectivity index (χ4v) is 2.62. The highest BCUT2D eigenvalue weighted by molar-refractivity contribution is 5.16.